The number of hydrogen-bond donors (Lipinski definition) is 2. The van der Waals surface area contributed by atoms with Crippen molar-refractivity contribution >= 4 is 28.9 Å². The van der Waals surface area contributed by atoms with Crippen LogP contribution in [-0.2, 0) is 0 Å². The number of halogens is 2. The van der Waals surface area contributed by atoms with E-state index in [-0.39, 0.29) is 12.0 Å². The van der Waals surface area contributed by atoms with Gasteiger partial charge in [0.15, 0.2) is 0 Å². The molecule has 0 radical (unpaired) electrons. The van der Waals surface area contributed by atoms with E-state index < -0.39 is 0 Å². The van der Waals surface area contributed by atoms with Gasteiger partial charge < -0.3 is 10.4 Å². The monoisotopic (exact) mass is 287 g/mol. The third kappa shape index (κ3) is 3.31. The predicted molar refractivity (Wildman–Crippen MR) is 77.6 cm³/mol. The fourth-order valence-corrected chi connectivity index (χ4v) is 2.89. The molecule has 2 nitrogen and oxygen atoms in total. The van der Waals surface area contributed by atoms with Crippen molar-refractivity contribution < 1.29 is 5.11 Å². The van der Waals surface area contributed by atoms with Gasteiger partial charge in [-0.1, -0.05) is 42.5 Å². The van der Waals surface area contributed by atoms with Gasteiger partial charge in [-0.3, -0.25) is 0 Å². The highest BCUT2D eigenvalue weighted by atomic mass is 35.5. The lowest BCUT2D eigenvalue weighted by Crippen LogP contribution is -2.35. The van der Waals surface area contributed by atoms with Gasteiger partial charge in [-0.05, 0) is 31.0 Å². The second-order valence-electron chi connectivity index (χ2n) is 5.20. The molecule has 0 amide bonds. The van der Waals surface area contributed by atoms with Gasteiger partial charge in [0.25, 0.3) is 0 Å². The number of anilines is 1. The number of nitrogens with one attached hydrogen (secondary N) is 1. The van der Waals surface area contributed by atoms with E-state index in [1.807, 2.05) is 12.1 Å². The molecule has 0 heterocycles. The van der Waals surface area contributed by atoms with E-state index in [1.54, 1.807) is 6.07 Å². The molecule has 0 aliphatic heterocycles. The van der Waals surface area contributed by atoms with Crippen LogP contribution < -0.4 is 5.32 Å². The van der Waals surface area contributed by atoms with E-state index >= 15 is 0 Å². The van der Waals surface area contributed by atoms with Gasteiger partial charge in [-0.15, -0.1) is 0 Å². The third-order valence-corrected chi connectivity index (χ3v) is 4.58. The summed E-state index contributed by atoms with van der Waals surface area (Å²) in [5.74, 6) is 0. The van der Waals surface area contributed by atoms with E-state index in [0.717, 1.165) is 25.1 Å². The zero-order chi connectivity index (χ0) is 13.0. The van der Waals surface area contributed by atoms with Crippen molar-refractivity contribution in [2.75, 3.05) is 18.5 Å². The minimum atomic E-state index is 0.0321. The van der Waals surface area contributed by atoms with Crippen LogP contribution in [0.25, 0.3) is 0 Å². The Bertz CT molecular complexity index is 403. The van der Waals surface area contributed by atoms with Crippen LogP contribution in [0.1, 0.15) is 32.1 Å². The lowest BCUT2D eigenvalue weighted by atomic mass is 9.74. The van der Waals surface area contributed by atoms with Crippen LogP contribution in [0.2, 0.25) is 10.0 Å². The summed E-state index contributed by atoms with van der Waals surface area (Å²) in [6.07, 6.45) is 5.90. The van der Waals surface area contributed by atoms with Gasteiger partial charge >= 0.3 is 0 Å². The maximum absolute atomic E-state index is 9.63. The SMILES string of the molecule is OCC1(CNc2ccc(Cl)c(Cl)c2)CCCCC1. The van der Waals surface area contributed by atoms with Gasteiger partial charge in [0, 0.05) is 17.6 Å². The van der Waals surface area contributed by atoms with Gasteiger partial charge in [-0.25, -0.2) is 0 Å². The standard InChI is InChI=1S/C14H19Cl2NO/c15-12-5-4-11(8-13(12)16)17-9-14(10-18)6-2-1-3-7-14/h4-5,8,17-18H,1-3,6-7,9-10H2. The maximum Gasteiger partial charge on any atom is 0.0612 e. The van der Waals surface area contributed by atoms with Crippen molar-refractivity contribution in [3.05, 3.63) is 28.2 Å². The summed E-state index contributed by atoms with van der Waals surface area (Å²) in [5.41, 5.74) is 0.993. The lowest BCUT2D eigenvalue weighted by molar-refractivity contribution is 0.0944. The normalized spacial score (nSPS) is 18.6. The van der Waals surface area contributed by atoms with Gasteiger partial charge in [-0.2, -0.15) is 0 Å². The second kappa shape index (κ2) is 6.14. The number of rotatable bonds is 4. The molecule has 1 fully saturated rings. The van der Waals surface area contributed by atoms with E-state index in [1.165, 1.54) is 19.3 Å². The van der Waals surface area contributed by atoms with Crippen LogP contribution in [0.5, 0.6) is 0 Å². The molecule has 18 heavy (non-hydrogen) atoms. The highest BCUT2D eigenvalue weighted by molar-refractivity contribution is 6.42. The molecule has 2 rings (SSSR count). The summed E-state index contributed by atoms with van der Waals surface area (Å²) >= 11 is 11.9. The van der Waals surface area contributed by atoms with Gasteiger partial charge in [0.1, 0.15) is 0 Å². The van der Waals surface area contributed by atoms with Crippen LogP contribution in [-0.4, -0.2) is 18.3 Å². The van der Waals surface area contributed by atoms with Gasteiger partial charge in [0.2, 0.25) is 0 Å². The zero-order valence-electron chi connectivity index (χ0n) is 10.4. The Balaban J connectivity index is 1.98. The molecule has 100 valence electrons. The molecular formula is C14H19Cl2NO. The number of aliphatic hydroxyl groups is 1. The Morgan fingerprint density at radius 1 is 1.11 bits per heavy atom. The summed E-state index contributed by atoms with van der Waals surface area (Å²) in [6, 6.07) is 5.54. The number of benzene rings is 1. The molecule has 1 saturated carbocycles. The summed E-state index contributed by atoms with van der Waals surface area (Å²) in [6.45, 7) is 1.04. The molecule has 0 aromatic heterocycles. The Morgan fingerprint density at radius 2 is 1.83 bits per heavy atom. The second-order valence-corrected chi connectivity index (χ2v) is 6.02. The maximum atomic E-state index is 9.63. The topological polar surface area (TPSA) is 32.3 Å². The molecule has 0 atom stereocenters. The van der Waals surface area contributed by atoms with E-state index in [9.17, 15) is 5.11 Å². The van der Waals surface area contributed by atoms with Crippen molar-refractivity contribution in [2.24, 2.45) is 5.41 Å². The van der Waals surface area contributed by atoms with Crippen LogP contribution in [0.3, 0.4) is 0 Å². The molecule has 0 saturated heterocycles. The average molecular weight is 288 g/mol. The van der Waals surface area contributed by atoms with E-state index in [0.29, 0.717) is 10.0 Å². The fraction of sp³-hybridized carbons (Fsp3) is 0.571. The van der Waals surface area contributed by atoms with Crippen LogP contribution in [0, 0.1) is 5.41 Å². The Kier molecular flexibility index (Phi) is 4.77. The highest BCUT2D eigenvalue weighted by Gasteiger charge is 2.31. The minimum Gasteiger partial charge on any atom is -0.396 e. The smallest absolute Gasteiger partial charge is 0.0612 e. The minimum absolute atomic E-state index is 0.0321. The van der Waals surface area contributed by atoms with Crippen molar-refractivity contribution in [3.8, 4) is 0 Å². The first-order chi connectivity index (χ1) is 8.65. The first kappa shape index (κ1) is 14.0. The highest BCUT2D eigenvalue weighted by Crippen LogP contribution is 2.36. The summed E-state index contributed by atoms with van der Waals surface area (Å²) in [5, 5.41) is 14.1. The van der Waals surface area contributed by atoms with Crippen LogP contribution in [0.4, 0.5) is 5.69 Å². The van der Waals surface area contributed by atoms with E-state index in [2.05, 4.69) is 5.32 Å². The first-order valence-electron chi connectivity index (χ1n) is 6.45. The van der Waals surface area contributed by atoms with Crippen molar-refractivity contribution in [1.29, 1.82) is 0 Å². The van der Waals surface area contributed by atoms with Crippen molar-refractivity contribution in [1.82, 2.24) is 0 Å². The summed E-state index contributed by atoms with van der Waals surface area (Å²) < 4.78 is 0. The zero-order valence-corrected chi connectivity index (χ0v) is 11.9. The summed E-state index contributed by atoms with van der Waals surface area (Å²) in [4.78, 5) is 0. The Hall–Kier alpha value is -0.440. The van der Waals surface area contributed by atoms with Crippen molar-refractivity contribution in [3.63, 3.8) is 0 Å². The molecule has 4 heteroatoms. The number of hydrogen-bond acceptors (Lipinski definition) is 2. The van der Waals surface area contributed by atoms with E-state index in [4.69, 9.17) is 23.2 Å². The molecular weight excluding hydrogens is 269 g/mol. The molecule has 1 aromatic carbocycles. The molecule has 2 N–H and O–H groups in total. The Morgan fingerprint density at radius 3 is 2.44 bits per heavy atom. The molecule has 0 unspecified atom stereocenters. The Labute approximate surface area is 118 Å². The molecule has 1 aliphatic carbocycles. The molecule has 0 bridgehead atoms. The average Bonchev–Trinajstić information content (AvgIpc) is 2.41. The third-order valence-electron chi connectivity index (χ3n) is 3.84. The van der Waals surface area contributed by atoms with Crippen LogP contribution in [0.15, 0.2) is 18.2 Å². The quantitative estimate of drug-likeness (QED) is 0.863. The largest absolute Gasteiger partial charge is 0.396 e. The number of aliphatic hydroxyl groups excluding tert-OH is 1. The molecule has 1 aromatic rings. The fourth-order valence-electron chi connectivity index (χ4n) is 2.59. The predicted octanol–water partition coefficient (Wildman–Crippen LogP) is 4.35. The summed E-state index contributed by atoms with van der Waals surface area (Å²) in [7, 11) is 0. The molecule has 0 spiro atoms. The lowest BCUT2D eigenvalue weighted by Gasteiger charge is -2.36. The van der Waals surface area contributed by atoms with Crippen LogP contribution >= 0.6 is 23.2 Å². The molecule has 1 aliphatic rings. The first-order valence-corrected chi connectivity index (χ1v) is 7.21. The van der Waals surface area contributed by atoms with Crippen molar-refractivity contribution in [2.45, 2.75) is 32.1 Å². The van der Waals surface area contributed by atoms with Gasteiger partial charge in [0.05, 0.1) is 16.7 Å².